The second-order valence-electron chi connectivity index (χ2n) is 5.93. The number of hydrogen-bond donors (Lipinski definition) is 1. The van der Waals surface area contributed by atoms with Crippen LogP contribution in [0, 0.1) is 0 Å². The quantitative estimate of drug-likeness (QED) is 0.944. The molecule has 2 aromatic rings. The van der Waals surface area contributed by atoms with Gasteiger partial charge in [0.05, 0.1) is 25.7 Å². The van der Waals surface area contributed by atoms with Crippen molar-refractivity contribution >= 4 is 5.84 Å². The van der Waals surface area contributed by atoms with Gasteiger partial charge < -0.3 is 15.2 Å². The summed E-state index contributed by atoms with van der Waals surface area (Å²) in [5, 5.41) is 0. The van der Waals surface area contributed by atoms with Gasteiger partial charge in [-0.3, -0.25) is 4.99 Å². The third-order valence-corrected chi connectivity index (χ3v) is 4.56. The van der Waals surface area contributed by atoms with Gasteiger partial charge in [0.25, 0.3) is 0 Å². The summed E-state index contributed by atoms with van der Waals surface area (Å²) in [6, 6.07) is 16.4. The Morgan fingerprint density at radius 2 is 1.35 bits per heavy atom. The van der Waals surface area contributed by atoms with Gasteiger partial charge in [-0.1, -0.05) is 24.3 Å². The SMILES string of the molecule is COc1ccc(C2(c3ccc(OC)cc3)CC(C)N=C2N)cc1. The van der Waals surface area contributed by atoms with Crippen LogP contribution in [0.2, 0.25) is 0 Å². The minimum Gasteiger partial charge on any atom is -0.497 e. The number of methoxy groups -OCH3 is 2. The predicted octanol–water partition coefficient (Wildman–Crippen LogP) is 3.14. The molecule has 0 saturated carbocycles. The zero-order valence-electron chi connectivity index (χ0n) is 13.7. The molecule has 23 heavy (non-hydrogen) atoms. The fourth-order valence-electron chi connectivity index (χ4n) is 3.39. The number of hydrogen-bond acceptors (Lipinski definition) is 4. The maximum atomic E-state index is 6.40. The average molecular weight is 310 g/mol. The van der Waals surface area contributed by atoms with Crippen LogP contribution in [0.15, 0.2) is 53.5 Å². The van der Waals surface area contributed by atoms with E-state index in [4.69, 9.17) is 15.2 Å². The van der Waals surface area contributed by atoms with E-state index in [1.54, 1.807) is 14.2 Å². The molecule has 1 unspecified atom stereocenters. The van der Waals surface area contributed by atoms with E-state index in [0.717, 1.165) is 29.0 Å². The maximum absolute atomic E-state index is 6.40. The maximum Gasteiger partial charge on any atom is 0.118 e. The molecule has 2 aromatic carbocycles. The lowest BCUT2D eigenvalue weighted by molar-refractivity contribution is 0.414. The van der Waals surface area contributed by atoms with Gasteiger partial charge in [-0.15, -0.1) is 0 Å². The Labute approximate surface area is 136 Å². The molecule has 1 aliphatic heterocycles. The van der Waals surface area contributed by atoms with Crippen LogP contribution in [-0.2, 0) is 5.41 Å². The molecule has 4 heteroatoms. The van der Waals surface area contributed by atoms with Crippen molar-refractivity contribution in [1.29, 1.82) is 0 Å². The van der Waals surface area contributed by atoms with Gasteiger partial charge in [0.15, 0.2) is 0 Å². The first-order valence-corrected chi connectivity index (χ1v) is 7.73. The highest BCUT2D eigenvalue weighted by Gasteiger charge is 2.43. The Hall–Kier alpha value is -2.49. The number of amidine groups is 1. The molecule has 1 atom stereocenters. The lowest BCUT2D eigenvalue weighted by Gasteiger charge is -2.31. The van der Waals surface area contributed by atoms with Crippen molar-refractivity contribution in [3.63, 3.8) is 0 Å². The Balaban J connectivity index is 2.12. The lowest BCUT2D eigenvalue weighted by atomic mass is 9.71. The standard InChI is InChI=1S/C19H22N2O2/c1-13-12-19(18(20)21-13,14-4-8-16(22-2)9-5-14)15-6-10-17(23-3)11-7-15/h4-11,13H,12H2,1-3H3,(H2,20,21). The second kappa shape index (κ2) is 5.95. The van der Waals surface area contributed by atoms with Crippen LogP contribution < -0.4 is 15.2 Å². The highest BCUT2D eigenvalue weighted by molar-refractivity contribution is 5.97. The van der Waals surface area contributed by atoms with E-state index in [9.17, 15) is 0 Å². The number of nitrogens with zero attached hydrogens (tertiary/aromatic N) is 1. The number of nitrogens with two attached hydrogens (primary N) is 1. The number of ether oxygens (including phenoxy) is 2. The molecule has 1 heterocycles. The molecular weight excluding hydrogens is 288 g/mol. The summed E-state index contributed by atoms with van der Waals surface area (Å²) in [4.78, 5) is 4.61. The molecule has 4 nitrogen and oxygen atoms in total. The van der Waals surface area contributed by atoms with E-state index >= 15 is 0 Å². The first-order chi connectivity index (χ1) is 11.1. The van der Waals surface area contributed by atoms with E-state index in [0.29, 0.717) is 5.84 Å². The third-order valence-electron chi connectivity index (χ3n) is 4.56. The van der Waals surface area contributed by atoms with Crippen LogP contribution >= 0.6 is 0 Å². The lowest BCUT2D eigenvalue weighted by Crippen LogP contribution is -2.39. The highest BCUT2D eigenvalue weighted by atomic mass is 16.5. The fraction of sp³-hybridized carbons (Fsp3) is 0.316. The van der Waals surface area contributed by atoms with Gasteiger partial charge in [0, 0.05) is 0 Å². The second-order valence-corrected chi connectivity index (χ2v) is 5.93. The van der Waals surface area contributed by atoms with Crippen LogP contribution in [0.1, 0.15) is 24.5 Å². The summed E-state index contributed by atoms with van der Waals surface area (Å²) in [5.74, 6) is 2.33. The zero-order valence-corrected chi connectivity index (χ0v) is 13.7. The average Bonchev–Trinajstić information content (AvgIpc) is 2.90. The molecule has 0 fully saturated rings. The van der Waals surface area contributed by atoms with Crippen LogP contribution in [0.5, 0.6) is 11.5 Å². The van der Waals surface area contributed by atoms with Crippen molar-refractivity contribution in [2.75, 3.05) is 14.2 Å². The summed E-state index contributed by atoms with van der Waals surface area (Å²) >= 11 is 0. The van der Waals surface area contributed by atoms with Crippen molar-refractivity contribution in [3.05, 3.63) is 59.7 Å². The molecule has 0 bridgehead atoms. The smallest absolute Gasteiger partial charge is 0.118 e. The molecule has 120 valence electrons. The van der Waals surface area contributed by atoms with Crippen LogP contribution in [0.25, 0.3) is 0 Å². The zero-order chi connectivity index (χ0) is 16.4. The monoisotopic (exact) mass is 310 g/mol. The Bertz CT molecular complexity index is 658. The van der Waals surface area contributed by atoms with E-state index in [2.05, 4.69) is 36.2 Å². The molecular formula is C19H22N2O2. The van der Waals surface area contributed by atoms with Crippen molar-refractivity contribution in [2.45, 2.75) is 24.8 Å². The Kier molecular flexibility index (Phi) is 3.99. The predicted molar refractivity (Wildman–Crippen MR) is 92.5 cm³/mol. The summed E-state index contributed by atoms with van der Waals surface area (Å²) < 4.78 is 10.5. The third kappa shape index (κ3) is 2.54. The van der Waals surface area contributed by atoms with Gasteiger partial charge in [-0.05, 0) is 48.7 Å². The largest absolute Gasteiger partial charge is 0.497 e. The Morgan fingerprint density at radius 1 is 0.913 bits per heavy atom. The minimum absolute atomic E-state index is 0.194. The van der Waals surface area contributed by atoms with Crippen LogP contribution in [0.4, 0.5) is 0 Å². The molecule has 0 radical (unpaired) electrons. The van der Waals surface area contributed by atoms with Gasteiger partial charge >= 0.3 is 0 Å². The highest BCUT2D eigenvalue weighted by Crippen LogP contribution is 2.42. The molecule has 0 spiro atoms. The number of rotatable bonds is 4. The summed E-state index contributed by atoms with van der Waals surface area (Å²) in [6.07, 6.45) is 0.859. The number of benzene rings is 2. The molecule has 3 rings (SSSR count). The van der Waals surface area contributed by atoms with Gasteiger partial charge in [-0.25, -0.2) is 0 Å². The normalized spacial score (nSPS) is 19.3. The molecule has 0 aliphatic carbocycles. The van der Waals surface area contributed by atoms with Gasteiger partial charge in [0.1, 0.15) is 17.3 Å². The fourth-order valence-corrected chi connectivity index (χ4v) is 3.39. The first-order valence-electron chi connectivity index (χ1n) is 7.73. The summed E-state index contributed by atoms with van der Waals surface area (Å²) in [5.41, 5.74) is 8.27. The number of aliphatic imine (C=N–C) groups is 1. The van der Waals surface area contributed by atoms with Crippen LogP contribution in [-0.4, -0.2) is 26.1 Å². The molecule has 0 saturated heterocycles. The first kappa shape index (κ1) is 15.4. The van der Waals surface area contributed by atoms with Gasteiger partial charge in [-0.2, -0.15) is 0 Å². The molecule has 1 aliphatic rings. The van der Waals surface area contributed by atoms with Crippen molar-refractivity contribution in [1.82, 2.24) is 0 Å². The van der Waals surface area contributed by atoms with Gasteiger partial charge in [0.2, 0.25) is 0 Å². The van der Waals surface area contributed by atoms with Crippen molar-refractivity contribution < 1.29 is 9.47 Å². The molecule has 2 N–H and O–H groups in total. The van der Waals surface area contributed by atoms with E-state index in [1.807, 2.05) is 24.3 Å². The van der Waals surface area contributed by atoms with Crippen LogP contribution in [0.3, 0.4) is 0 Å². The van der Waals surface area contributed by atoms with Crippen molar-refractivity contribution in [2.24, 2.45) is 10.7 Å². The van der Waals surface area contributed by atoms with E-state index in [1.165, 1.54) is 0 Å². The van der Waals surface area contributed by atoms with Crippen molar-refractivity contribution in [3.8, 4) is 11.5 Å². The van der Waals surface area contributed by atoms with E-state index < -0.39 is 5.41 Å². The van der Waals surface area contributed by atoms with E-state index in [-0.39, 0.29) is 6.04 Å². The summed E-state index contributed by atoms with van der Waals surface area (Å²) in [6.45, 7) is 2.10. The Morgan fingerprint density at radius 3 is 1.65 bits per heavy atom. The topological polar surface area (TPSA) is 56.8 Å². The molecule has 0 aromatic heterocycles. The minimum atomic E-state index is -0.391. The molecule has 0 amide bonds. The summed E-state index contributed by atoms with van der Waals surface area (Å²) in [7, 11) is 3.34.